The fraction of sp³-hybridized carbons (Fsp3) is 0.409. The van der Waals surface area contributed by atoms with E-state index in [1.54, 1.807) is 12.1 Å². The van der Waals surface area contributed by atoms with Gasteiger partial charge in [-0.2, -0.15) is 4.31 Å². The van der Waals surface area contributed by atoms with E-state index >= 15 is 0 Å². The number of nitrogens with one attached hydrogen (secondary N) is 1. The summed E-state index contributed by atoms with van der Waals surface area (Å²) in [4.78, 5) is 12.7. The summed E-state index contributed by atoms with van der Waals surface area (Å²) in [7, 11) is -3.80. The molecule has 1 fully saturated rings. The van der Waals surface area contributed by atoms with Crippen LogP contribution in [-0.4, -0.2) is 31.2 Å². The number of benzene rings is 2. The van der Waals surface area contributed by atoms with Crippen molar-refractivity contribution >= 4 is 21.6 Å². The minimum Gasteiger partial charge on any atom is -0.322 e. The molecule has 1 aliphatic heterocycles. The average Bonchev–Trinajstić information content (AvgIpc) is 2.71. The molecule has 1 saturated heterocycles. The van der Waals surface area contributed by atoms with Gasteiger partial charge in [-0.05, 0) is 68.5 Å². The summed E-state index contributed by atoms with van der Waals surface area (Å²) in [6.45, 7) is 6.19. The van der Waals surface area contributed by atoms with Crippen molar-refractivity contribution in [2.45, 2.75) is 57.4 Å². The van der Waals surface area contributed by atoms with Crippen LogP contribution in [0.25, 0.3) is 0 Å². The SMILES string of the molecule is CCC1CCCCN1S(=O)(=O)c1ccc(F)c(C(=O)Nc2cccc(C)c2C)c1. The number of hydrogen-bond acceptors (Lipinski definition) is 3. The van der Waals surface area contributed by atoms with Crippen LogP contribution in [0.2, 0.25) is 0 Å². The van der Waals surface area contributed by atoms with E-state index in [1.807, 2.05) is 26.8 Å². The van der Waals surface area contributed by atoms with Crippen molar-refractivity contribution < 1.29 is 17.6 Å². The van der Waals surface area contributed by atoms with Crippen LogP contribution in [0, 0.1) is 19.7 Å². The smallest absolute Gasteiger partial charge is 0.258 e. The Bertz CT molecular complexity index is 1020. The molecule has 0 radical (unpaired) electrons. The first-order valence-electron chi connectivity index (χ1n) is 9.94. The van der Waals surface area contributed by atoms with Gasteiger partial charge >= 0.3 is 0 Å². The molecule has 0 aromatic heterocycles. The van der Waals surface area contributed by atoms with Crippen LogP contribution in [-0.2, 0) is 10.0 Å². The lowest BCUT2D eigenvalue weighted by Crippen LogP contribution is -2.43. The Balaban J connectivity index is 1.93. The molecule has 156 valence electrons. The normalized spacial score (nSPS) is 17.9. The highest BCUT2D eigenvalue weighted by atomic mass is 32.2. The van der Waals surface area contributed by atoms with Crippen molar-refractivity contribution in [1.29, 1.82) is 0 Å². The zero-order valence-corrected chi connectivity index (χ0v) is 17.9. The van der Waals surface area contributed by atoms with Crippen LogP contribution >= 0.6 is 0 Å². The number of carbonyl (C=O) groups is 1. The number of anilines is 1. The van der Waals surface area contributed by atoms with E-state index in [9.17, 15) is 17.6 Å². The molecule has 0 saturated carbocycles. The predicted molar refractivity (Wildman–Crippen MR) is 112 cm³/mol. The molecule has 0 spiro atoms. The molecule has 5 nitrogen and oxygen atoms in total. The fourth-order valence-corrected chi connectivity index (χ4v) is 5.54. The molecule has 0 bridgehead atoms. The summed E-state index contributed by atoms with van der Waals surface area (Å²) >= 11 is 0. The summed E-state index contributed by atoms with van der Waals surface area (Å²) in [5.74, 6) is -1.42. The Hall–Kier alpha value is -2.25. The molecule has 1 atom stereocenters. The van der Waals surface area contributed by atoms with Crippen LogP contribution in [0.5, 0.6) is 0 Å². The van der Waals surface area contributed by atoms with E-state index in [4.69, 9.17) is 0 Å². The third kappa shape index (κ3) is 4.36. The highest BCUT2D eigenvalue weighted by Gasteiger charge is 2.33. The maximum Gasteiger partial charge on any atom is 0.258 e. The van der Waals surface area contributed by atoms with Gasteiger partial charge in [0, 0.05) is 18.3 Å². The molecule has 3 rings (SSSR count). The largest absolute Gasteiger partial charge is 0.322 e. The summed E-state index contributed by atoms with van der Waals surface area (Å²) in [6.07, 6.45) is 3.34. The lowest BCUT2D eigenvalue weighted by Gasteiger charge is -2.34. The average molecular weight is 419 g/mol. The Morgan fingerprint density at radius 1 is 1.21 bits per heavy atom. The first kappa shape index (κ1) is 21.5. The Kier molecular flexibility index (Phi) is 6.39. The molecule has 2 aromatic carbocycles. The van der Waals surface area contributed by atoms with E-state index < -0.39 is 21.7 Å². The van der Waals surface area contributed by atoms with Gasteiger partial charge in [-0.1, -0.05) is 25.5 Å². The third-order valence-electron chi connectivity index (χ3n) is 5.69. The van der Waals surface area contributed by atoms with Gasteiger partial charge in [-0.15, -0.1) is 0 Å². The van der Waals surface area contributed by atoms with Gasteiger partial charge < -0.3 is 5.32 Å². The van der Waals surface area contributed by atoms with Crippen LogP contribution in [0.3, 0.4) is 0 Å². The Morgan fingerprint density at radius 2 is 1.97 bits per heavy atom. The summed E-state index contributed by atoms with van der Waals surface area (Å²) in [5, 5.41) is 2.70. The molecule has 0 aliphatic carbocycles. The topological polar surface area (TPSA) is 66.5 Å². The van der Waals surface area contributed by atoms with E-state index in [2.05, 4.69) is 5.32 Å². The summed E-state index contributed by atoms with van der Waals surface area (Å²) < 4.78 is 42.2. The van der Waals surface area contributed by atoms with Gasteiger partial charge in [0.1, 0.15) is 5.82 Å². The Morgan fingerprint density at radius 3 is 2.69 bits per heavy atom. The van der Waals surface area contributed by atoms with Crippen molar-refractivity contribution in [2.24, 2.45) is 0 Å². The minimum atomic E-state index is -3.80. The molecule has 7 heteroatoms. The van der Waals surface area contributed by atoms with Crippen LogP contribution < -0.4 is 5.32 Å². The number of carbonyl (C=O) groups excluding carboxylic acids is 1. The highest BCUT2D eigenvalue weighted by Crippen LogP contribution is 2.28. The highest BCUT2D eigenvalue weighted by molar-refractivity contribution is 7.89. The second-order valence-corrected chi connectivity index (χ2v) is 9.41. The first-order chi connectivity index (χ1) is 13.8. The number of nitrogens with zero attached hydrogens (tertiary/aromatic N) is 1. The molecule has 2 aromatic rings. The molecule has 1 heterocycles. The maximum absolute atomic E-state index is 14.4. The quantitative estimate of drug-likeness (QED) is 0.769. The minimum absolute atomic E-state index is 0.0506. The number of rotatable bonds is 5. The van der Waals surface area contributed by atoms with Crippen molar-refractivity contribution in [3.05, 3.63) is 58.9 Å². The number of aryl methyl sites for hydroxylation is 1. The lowest BCUT2D eigenvalue weighted by atomic mass is 10.0. The number of halogens is 1. The van der Waals surface area contributed by atoms with Gasteiger partial charge in [0.25, 0.3) is 5.91 Å². The molecule has 1 unspecified atom stereocenters. The Labute approximate surface area is 172 Å². The molecule has 1 amide bonds. The van der Waals surface area contributed by atoms with Crippen molar-refractivity contribution in [3.8, 4) is 0 Å². The lowest BCUT2D eigenvalue weighted by molar-refractivity contribution is 0.102. The number of sulfonamides is 1. The van der Waals surface area contributed by atoms with Gasteiger partial charge in [0.15, 0.2) is 0 Å². The predicted octanol–water partition coefficient (Wildman–Crippen LogP) is 4.65. The number of piperidine rings is 1. The zero-order chi connectivity index (χ0) is 21.2. The first-order valence-corrected chi connectivity index (χ1v) is 11.4. The van der Waals surface area contributed by atoms with E-state index in [-0.39, 0.29) is 16.5 Å². The van der Waals surface area contributed by atoms with E-state index in [1.165, 1.54) is 10.4 Å². The van der Waals surface area contributed by atoms with Crippen LogP contribution in [0.15, 0.2) is 41.3 Å². The number of amides is 1. The number of hydrogen-bond donors (Lipinski definition) is 1. The van der Waals surface area contributed by atoms with Gasteiger partial charge in [0.05, 0.1) is 10.5 Å². The maximum atomic E-state index is 14.4. The van der Waals surface area contributed by atoms with Crippen LogP contribution in [0.4, 0.5) is 10.1 Å². The third-order valence-corrected chi connectivity index (χ3v) is 7.63. The molecular weight excluding hydrogens is 391 g/mol. The van der Waals surface area contributed by atoms with Crippen LogP contribution in [0.1, 0.15) is 54.1 Å². The monoisotopic (exact) mass is 418 g/mol. The van der Waals surface area contributed by atoms with Gasteiger partial charge in [-0.3, -0.25) is 4.79 Å². The van der Waals surface area contributed by atoms with Crippen molar-refractivity contribution in [3.63, 3.8) is 0 Å². The van der Waals surface area contributed by atoms with Gasteiger partial charge in [-0.25, -0.2) is 12.8 Å². The van der Waals surface area contributed by atoms with E-state index in [0.717, 1.165) is 48.9 Å². The summed E-state index contributed by atoms with van der Waals surface area (Å²) in [6, 6.07) is 8.82. The van der Waals surface area contributed by atoms with Crippen molar-refractivity contribution in [1.82, 2.24) is 4.31 Å². The standard InChI is InChI=1S/C22H27FN2O3S/c1-4-17-9-5-6-13-25(17)29(27,28)18-11-12-20(23)19(14-18)22(26)24-21-10-7-8-15(2)16(21)3/h7-8,10-12,14,17H,4-6,9,13H2,1-3H3,(H,24,26). The molecule has 29 heavy (non-hydrogen) atoms. The molecule has 1 N–H and O–H groups in total. The zero-order valence-electron chi connectivity index (χ0n) is 17.0. The van der Waals surface area contributed by atoms with E-state index in [0.29, 0.717) is 12.2 Å². The second kappa shape index (κ2) is 8.63. The summed E-state index contributed by atoms with van der Waals surface area (Å²) in [5.41, 5.74) is 2.17. The second-order valence-electron chi connectivity index (χ2n) is 7.52. The molecule has 1 aliphatic rings. The fourth-order valence-electron chi connectivity index (χ4n) is 3.75. The van der Waals surface area contributed by atoms with Gasteiger partial charge in [0.2, 0.25) is 10.0 Å². The molecular formula is C22H27FN2O3S. The van der Waals surface area contributed by atoms with Crippen molar-refractivity contribution in [2.75, 3.05) is 11.9 Å².